The van der Waals surface area contributed by atoms with E-state index in [4.69, 9.17) is 0 Å². The summed E-state index contributed by atoms with van der Waals surface area (Å²) in [7, 11) is 0. The number of carbonyl (C=O) groups is 2. The summed E-state index contributed by atoms with van der Waals surface area (Å²) in [5, 5.41) is 13.1. The number of hydrogen-bond acceptors (Lipinski definition) is 3. The number of benzene rings is 1. The van der Waals surface area contributed by atoms with Gasteiger partial charge in [0, 0.05) is 24.4 Å². The standard InChI is InChI=1S/C17H17NO3S/c19-16(13-6-7-22-11-13)18-9-14(8-15(10-18)17(20)21)12-4-2-1-3-5-12/h1-7,11,14-15H,8-10H2,(H,20,21). The molecule has 22 heavy (non-hydrogen) atoms. The van der Waals surface area contributed by atoms with E-state index >= 15 is 0 Å². The van der Waals surface area contributed by atoms with Crippen molar-refractivity contribution >= 4 is 23.2 Å². The third-order valence-corrected chi connectivity index (χ3v) is 4.81. The Bertz CT molecular complexity index is 654. The maximum atomic E-state index is 12.5. The Morgan fingerprint density at radius 1 is 1.14 bits per heavy atom. The molecule has 1 amide bonds. The molecule has 1 aromatic carbocycles. The largest absolute Gasteiger partial charge is 0.481 e. The maximum absolute atomic E-state index is 12.5. The van der Waals surface area contributed by atoms with Crippen molar-refractivity contribution in [3.05, 3.63) is 58.3 Å². The van der Waals surface area contributed by atoms with Gasteiger partial charge in [-0.1, -0.05) is 30.3 Å². The number of piperidine rings is 1. The van der Waals surface area contributed by atoms with Gasteiger partial charge in [0.15, 0.2) is 0 Å². The molecule has 5 heteroatoms. The van der Waals surface area contributed by atoms with Crippen molar-refractivity contribution in [3.63, 3.8) is 0 Å². The highest BCUT2D eigenvalue weighted by molar-refractivity contribution is 7.08. The minimum absolute atomic E-state index is 0.0682. The summed E-state index contributed by atoms with van der Waals surface area (Å²) in [5.41, 5.74) is 1.74. The van der Waals surface area contributed by atoms with Crippen LogP contribution in [-0.4, -0.2) is 35.0 Å². The molecule has 1 aromatic heterocycles. The van der Waals surface area contributed by atoms with Crippen LogP contribution in [0.2, 0.25) is 0 Å². The van der Waals surface area contributed by atoms with Gasteiger partial charge in [-0.2, -0.15) is 11.3 Å². The smallest absolute Gasteiger partial charge is 0.308 e. The molecule has 0 aliphatic carbocycles. The van der Waals surface area contributed by atoms with E-state index in [9.17, 15) is 14.7 Å². The average molecular weight is 315 g/mol. The Morgan fingerprint density at radius 2 is 1.91 bits per heavy atom. The Balaban J connectivity index is 1.84. The molecule has 1 fully saturated rings. The quantitative estimate of drug-likeness (QED) is 0.947. The fraction of sp³-hybridized carbons (Fsp3) is 0.294. The summed E-state index contributed by atoms with van der Waals surface area (Å²) < 4.78 is 0. The van der Waals surface area contributed by atoms with E-state index in [1.54, 1.807) is 11.0 Å². The van der Waals surface area contributed by atoms with Crippen LogP contribution in [0.15, 0.2) is 47.2 Å². The molecule has 1 aliphatic heterocycles. The van der Waals surface area contributed by atoms with Crippen LogP contribution in [0.5, 0.6) is 0 Å². The van der Waals surface area contributed by atoms with Gasteiger partial charge < -0.3 is 10.0 Å². The summed E-state index contributed by atoms with van der Waals surface area (Å²) in [5.74, 6) is -1.35. The number of aliphatic carboxylic acids is 1. The first kappa shape index (κ1) is 14.8. The number of carboxylic acids is 1. The molecule has 2 heterocycles. The molecule has 0 bridgehead atoms. The lowest BCUT2D eigenvalue weighted by Crippen LogP contribution is -2.45. The van der Waals surface area contributed by atoms with Gasteiger partial charge in [-0.25, -0.2) is 0 Å². The van der Waals surface area contributed by atoms with Crippen LogP contribution in [0.25, 0.3) is 0 Å². The van der Waals surface area contributed by atoms with Crippen molar-refractivity contribution in [3.8, 4) is 0 Å². The van der Waals surface area contributed by atoms with Gasteiger partial charge in [0.2, 0.25) is 0 Å². The summed E-state index contributed by atoms with van der Waals surface area (Å²) in [6.07, 6.45) is 0.576. The third kappa shape index (κ3) is 3.04. The van der Waals surface area contributed by atoms with Crippen molar-refractivity contribution in [1.29, 1.82) is 0 Å². The predicted molar refractivity (Wildman–Crippen MR) is 85.1 cm³/mol. The minimum atomic E-state index is -0.830. The van der Waals surface area contributed by atoms with E-state index in [1.165, 1.54) is 11.3 Å². The van der Waals surface area contributed by atoms with Gasteiger partial charge in [0.25, 0.3) is 5.91 Å². The Hall–Kier alpha value is -2.14. The molecule has 2 unspecified atom stereocenters. The number of nitrogens with zero attached hydrogens (tertiary/aromatic N) is 1. The second kappa shape index (κ2) is 6.32. The van der Waals surface area contributed by atoms with E-state index in [1.807, 2.05) is 41.1 Å². The number of likely N-dealkylation sites (tertiary alicyclic amines) is 1. The van der Waals surface area contributed by atoms with Gasteiger partial charge >= 0.3 is 5.97 Å². The lowest BCUT2D eigenvalue weighted by atomic mass is 9.84. The predicted octanol–water partition coefficient (Wildman–Crippen LogP) is 3.08. The first-order valence-electron chi connectivity index (χ1n) is 7.24. The van der Waals surface area contributed by atoms with Crippen molar-refractivity contribution in [1.82, 2.24) is 4.90 Å². The highest BCUT2D eigenvalue weighted by atomic mass is 32.1. The van der Waals surface area contributed by atoms with Gasteiger partial charge in [0.1, 0.15) is 0 Å². The highest BCUT2D eigenvalue weighted by Crippen LogP contribution is 2.31. The number of rotatable bonds is 3. The first-order valence-corrected chi connectivity index (χ1v) is 8.18. The van der Waals surface area contributed by atoms with Gasteiger partial charge in [0.05, 0.1) is 11.5 Å². The van der Waals surface area contributed by atoms with Crippen molar-refractivity contribution < 1.29 is 14.7 Å². The zero-order chi connectivity index (χ0) is 15.5. The van der Waals surface area contributed by atoms with Crippen LogP contribution >= 0.6 is 11.3 Å². The highest BCUT2D eigenvalue weighted by Gasteiger charge is 2.34. The number of hydrogen-bond donors (Lipinski definition) is 1. The summed E-state index contributed by atoms with van der Waals surface area (Å²) >= 11 is 1.47. The van der Waals surface area contributed by atoms with Crippen LogP contribution < -0.4 is 0 Å². The molecule has 2 aromatic rings. The van der Waals surface area contributed by atoms with E-state index in [0.717, 1.165) is 5.56 Å². The van der Waals surface area contributed by atoms with E-state index in [-0.39, 0.29) is 18.4 Å². The molecule has 1 saturated heterocycles. The Labute approximate surface area is 133 Å². The molecule has 114 valence electrons. The fourth-order valence-corrected chi connectivity index (χ4v) is 3.61. The zero-order valence-corrected chi connectivity index (χ0v) is 12.8. The first-order chi connectivity index (χ1) is 10.6. The number of thiophene rings is 1. The molecule has 0 radical (unpaired) electrons. The minimum Gasteiger partial charge on any atom is -0.481 e. The fourth-order valence-electron chi connectivity index (χ4n) is 2.98. The number of carbonyl (C=O) groups excluding carboxylic acids is 1. The zero-order valence-electron chi connectivity index (χ0n) is 12.0. The van der Waals surface area contributed by atoms with Crippen LogP contribution in [0.1, 0.15) is 28.3 Å². The van der Waals surface area contributed by atoms with Gasteiger partial charge in [-0.05, 0) is 23.4 Å². The van der Waals surface area contributed by atoms with Crippen LogP contribution in [0.3, 0.4) is 0 Å². The molecular weight excluding hydrogens is 298 g/mol. The topological polar surface area (TPSA) is 57.6 Å². The van der Waals surface area contributed by atoms with Crippen LogP contribution in [0.4, 0.5) is 0 Å². The lowest BCUT2D eigenvalue weighted by molar-refractivity contribution is -0.143. The molecule has 0 saturated carbocycles. The Morgan fingerprint density at radius 3 is 2.55 bits per heavy atom. The van der Waals surface area contributed by atoms with Gasteiger partial charge in [-0.15, -0.1) is 0 Å². The summed E-state index contributed by atoms with van der Waals surface area (Å²) in [6, 6.07) is 11.6. The molecule has 2 atom stereocenters. The van der Waals surface area contributed by atoms with Crippen LogP contribution in [-0.2, 0) is 4.79 Å². The number of amides is 1. The van der Waals surface area contributed by atoms with Gasteiger partial charge in [-0.3, -0.25) is 9.59 Å². The maximum Gasteiger partial charge on any atom is 0.308 e. The molecule has 1 N–H and O–H groups in total. The average Bonchev–Trinajstić information content (AvgIpc) is 3.09. The van der Waals surface area contributed by atoms with E-state index < -0.39 is 11.9 Å². The lowest BCUT2D eigenvalue weighted by Gasteiger charge is -2.36. The second-order valence-corrected chi connectivity index (χ2v) is 6.38. The van der Waals surface area contributed by atoms with Crippen molar-refractivity contribution in [2.24, 2.45) is 5.92 Å². The Kier molecular flexibility index (Phi) is 4.24. The molecule has 0 spiro atoms. The second-order valence-electron chi connectivity index (χ2n) is 5.60. The van der Waals surface area contributed by atoms with Crippen molar-refractivity contribution in [2.75, 3.05) is 13.1 Å². The molecule has 4 nitrogen and oxygen atoms in total. The van der Waals surface area contributed by atoms with Crippen LogP contribution in [0, 0.1) is 5.92 Å². The SMILES string of the molecule is O=C(O)C1CC(c2ccccc2)CN(C(=O)c2ccsc2)C1. The molecular formula is C17H17NO3S. The van der Waals surface area contributed by atoms with Crippen molar-refractivity contribution in [2.45, 2.75) is 12.3 Å². The van der Waals surface area contributed by atoms with E-state index in [0.29, 0.717) is 18.5 Å². The third-order valence-electron chi connectivity index (χ3n) is 4.13. The molecule has 3 rings (SSSR count). The summed E-state index contributed by atoms with van der Waals surface area (Å²) in [4.78, 5) is 25.7. The summed E-state index contributed by atoms with van der Waals surface area (Å²) in [6.45, 7) is 0.857. The molecule has 1 aliphatic rings. The number of carboxylic acid groups (broad SMARTS) is 1. The monoisotopic (exact) mass is 315 g/mol. The van der Waals surface area contributed by atoms with E-state index in [2.05, 4.69) is 0 Å². The normalized spacial score (nSPS) is 21.5.